The Morgan fingerprint density at radius 3 is 2.55 bits per heavy atom. The van der Waals surface area contributed by atoms with Crippen molar-refractivity contribution in [2.45, 2.75) is 19.6 Å². The highest BCUT2D eigenvalue weighted by molar-refractivity contribution is 6.18. The normalized spacial score (nSPS) is 19.4. The van der Waals surface area contributed by atoms with Gasteiger partial charge in [-0.15, -0.1) is 0 Å². The second-order valence-corrected chi connectivity index (χ2v) is 8.62. The van der Waals surface area contributed by atoms with Crippen LogP contribution in [0.1, 0.15) is 21.6 Å². The first-order valence-electron chi connectivity index (χ1n) is 10.9. The van der Waals surface area contributed by atoms with Crippen LogP contribution in [0.4, 0.5) is 0 Å². The number of nitrogens with zero attached hydrogens (tertiary/aromatic N) is 3. The molecule has 0 radical (unpaired) electrons. The Morgan fingerprint density at radius 1 is 1.10 bits per heavy atom. The highest BCUT2D eigenvalue weighted by Gasteiger charge is 2.30. The van der Waals surface area contributed by atoms with Gasteiger partial charge in [0.05, 0.1) is 24.7 Å². The summed E-state index contributed by atoms with van der Waals surface area (Å²) in [6.45, 7) is 8.05. The van der Waals surface area contributed by atoms with E-state index in [0.717, 1.165) is 72.9 Å². The first kappa shape index (κ1) is 20.1. The zero-order valence-electron chi connectivity index (χ0n) is 18.4. The number of carbonyl (C=O) groups is 1. The Hall–Kier alpha value is -2.83. The van der Waals surface area contributed by atoms with E-state index in [1.54, 1.807) is 7.11 Å². The molecule has 0 amide bonds. The van der Waals surface area contributed by atoms with Crippen molar-refractivity contribution >= 4 is 16.7 Å². The molecule has 162 valence electrons. The third kappa shape index (κ3) is 3.60. The lowest BCUT2D eigenvalue weighted by Crippen LogP contribution is -2.49. The van der Waals surface area contributed by atoms with Crippen molar-refractivity contribution in [1.29, 1.82) is 0 Å². The third-order valence-electron chi connectivity index (χ3n) is 6.62. The molecule has 5 rings (SSSR count). The van der Waals surface area contributed by atoms with Crippen LogP contribution in [-0.4, -0.2) is 73.1 Å². The maximum Gasteiger partial charge on any atom is 0.195 e. The molecule has 0 aliphatic carbocycles. The van der Waals surface area contributed by atoms with E-state index in [1.807, 2.05) is 42.5 Å². The minimum atomic E-state index is 0.0403. The number of aromatic nitrogens is 1. The van der Waals surface area contributed by atoms with Gasteiger partial charge in [0.15, 0.2) is 5.78 Å². The summed E-state index contributed by atoms with van der Waals surface area (Å²) < 4.78 is 13.9. The standard InChI is InChI=1S/C25H29N3O3/c1-17-23(25(29)18-7-9-19(30-3)10-8-18)21-5-4-6-22-24(21)28(17)16-20(31-22)15-27-13-11-26(2)12-14-27/h4-10,20H,11-16H2,1-3H3. The van der Waals surface area contributed by atoms with Gasteiger partial charge in [0.1, 0.15) is 17.6 Å². The van der Waals surface area contributed by atoms with Crippen molar-refractivity contribution in [3.63, 3.8) is 0 Å². The van der Waals surface area contributed by atoms with E-state index in [9.17, 15) is 4.79 Å². The molecule has 31 heavy (non-hydrogen) atoms. The molecule has 0 spiro atoms. The number of hydrogen-bond acceptors (Lipinski definition) is 5. The van der Waals surface area contributed by atoms with E-state index in [2.05, 4.69) is 28.3 Å². The van der Waals surface area contributed by atoms with Crippen LogP contribution in [0.15, 0.2) is 42.5 Å². The van der Waals surface area contributed by atoms with Gasteiger partial charge >= 0.3 is 0 Å². The minimum absolute atomic E-state index is 0.0403. The lowest BCUT2D eigenvalue weighted by atomic mass is 10.0. The number of hydrogen-bond donors (Lipinski definition) is 0. The van der Waals surface area contributed by atoms with E-state index < -0.39 is 0 Å². The van der Waals surface area contributed by atoms with E-state index in [1.165, 1.54) is 0 Å². The SMILES string of the molecule is COc1ccc(C(=O)c2c(C)n3c4c(cccc24)OC(CN2CCN(C)CC2)C3)cc1. The van der Waals surface area contributed by atoms with Crippen LogP contribution in [0.5, 0.6) is 11.5 Å². The Balaban J connectivity index is 1.47. The maximum atomic E-state index is 13.5. The minimum Gasteiger partial charge on any atom is -0.497 e. The van der Waals surface area contributed by atoms with Crippen LogP contribution < -0.4 is 9.47 Å². The fraction of sp³-hybridized carbons (Fsp3) is 0.400. The summed E-state index contributed by atoms with van der Waals surface area (Å²) in [4.78, 5) is 18.3. The van der Waals surface area contributed by atoms with Crippen molar-refractivity contribution in [3.05, 3.63) is 59.3 Å². The van der Waals surface area contributed by atoms with Gasteiger partial charge in [0, 0.05) is 49.4 Å². The molecule has 1 unspecified atom stereocenters. The van der Waals surface area contributed by atoms with Crippen molar-refractivity contribution in [2.24, 2.45) is 0 Å². The van der Waals surface area contributed by atoms with Gasteiger partial charge in [0.2, 0.25) is 0 Å². The molecule has 2 aliphatic rings. The third-order valence-corrected chi connectivity index (χ3v) is 6.62. The van der Waals surface area contributed by atoms with Crippen molar-refractivity contribution in [3.8, 4) is 11.5 Å². The zero-order chi connectivity index (χ0) is 21.5. The molecule has 0 N–H and O–H groups in total. The van der Waals surface area contributed by atoms with Gasteiger partial charge in [-0.1, -0.05) is 12.1 Å². The second kappa shape index (κ2) is 8.02. The quantitative estimate of drug-likeness (QED) is 0.595. The summed E-state index contributed by atoms with van der Waals surface area (Å²) in [6.07, 6.45) is 0.0801. The Kier molecular flexibility index (Phi) is 5.20. The molecule has 1 saturated heterocycles. The van der Waals surface area contributed by atoms with Crippen LogP contribution in [0, 0.1) is 6.92 Å². The molecular formula is C25H29N3O3. The van der Waals surface area contributed by atoms with Gasteiger partial charge in [-0.25, -0.2) is 0 Å². The number of rotatable bonds is 5. The highest BCUT2D eigenvalue weighted by atomic mass is 16.5. The molecule has 2 aliphatic heterocycles. The molecule has 6 heteroatoms. The first-order chi connectivity index (χ1) is 15.0. The Labute approximate surface area is 183 Å². The summed E-state index contributed by atoms with van der Waals surface area (Å²) >= 11 is 0. The van der Waals surface area contributed by atoms with Crippen LogP contribution in [0.2, 0.25) is 0 Å². The van der Waals surface area contributed by atoms with E-state index >= 15 is 0 Å². The predicted octanol–water partition coefficient (Wildman–Crippen LogP) is 3.20. The lowest BCUT2D eigenvalue weighted by Gasteiger charge is -2.36. The number of piperazine rings is 1. The second-order valence-electron chi connectivity index (χ2n) is 8.62. The lowest BCUT2D eigenvalue weighted by molar-refractivity contribution is 0.0807. The number of likely N-dealkylation sites (N-methyl/N-ethyl adjacent to an activating group) is 1. The largest absolute Gasteiger partial charge is 0.497 e. The molecule has 0 bridgehead atoms. The molecule has 0 saturated carbocycles. The molecule has 1 fully saturated rings. The van der Waals surface area contributed by atoms with Crippen molar-refractivity contribution < 1.29 is 14.3 Å². The van der Waals surface area contributed by atoms with Gasteiger partial charge in [-0.05, 0) is 44.3 Å². The van der Waals surface area contributed by atoms with Crippen LogP contribution in [0.25, 0.3) is 10.9 Å². The molecule has 1 aromatic heterocycles. The van der Waals surface area contributed by atoms with Gasteiger partial charge in [-0.2, -0.15) is 0 Å². The summed E-state index contributed by atoms with van der Waals surface area (Å²) in [5, 5.41) is 0.967. The summed E-state index contributed by atoms with van der Waals surface area (Å²) in [6, 6.07) is 13.4. The van der Waals surface area contributed by atoms with Gasteiger partial charge < -0.3 is 18.9 Å². The first-order valence-corrected chi connectivity index (χ1v) is 10.9. The smallest absolute Gasteiger partial charge is 0.195 e. The van der Waals surface area contributed by atoms with E-state index in [4.69, 9.17) is 9.47 Å². The number of benzene rings is 2. The van der Waals surface area contributed by atoms with Crippen LogP contribution in [-0.2, 0) is 6.54 Å². The number of methoxy groups -OCH3 is 1. The van der Waals surface area contributed by atoms with Crippen molar-refractivity contribution in [1.82, 2.24) is 14.4 Å². The Bertz CT molecular complexity index is 1110. The average Bonchev–Trinajstić information content (AvgIpc) is 3.08. The monoisotopic (exact) mass is 419 g/mol. The average molecular weight is 420 g/mol. The summed E-state index contributed by atoms with van der Waals surface area (Å²) in [7, 11) is 3.80. The molecule has 1 atom stereocenters. The van der Waals surface area contributed by atoms with E-state index in [-0.39, 0.29) is 11.9 Å². The number of ketones is 1. The number of ether oxygens (including phenoxy) is 2. The van der Waals surface area contributed by atoms with Crippen LogP contribution >= 0.6 is 0 Å². The molecule has 3 heterocycles. The van der Waals surface area contributed by atoms with E-state index in [0.29, 0.717) is 5.56 Å². The number of carbonyl (C=O) groups excluding carboxylic acids is 1. The molecular weight excluding hydrogens is 390 g/mol. The highest BCUT2D eigenvalue weighted by Crippen LogP contribution is 2.37. The number of para-hydroxylation sites is 1. The van der Waals surface area contributed by atoms with Crippen molar-refractivity contribution in [2.75, 3.05) is 46.9 Å². The predicted molar refractivity (Wildman–Crippen MR) is 121 cm³/mol. The molecule has 6 nitrogen and oxygen atoms in total. The summed E-state index contributed by atoms with van der Waals surface area (Å²) in [5.74, 6) is 1.66. The molecule has 3 aromatic rings. The summed E-state index contributed by atoms with van der Waals surface area (Å²) in [5.41, 5.74) is 3.48. The zero-order valence-corrected chi connectivity index (χ0v) is 18.4. The fourth-order valence-corrected chi connectivity index (χ4v) is 4.83. The Morgan fingerprint density at radius 2 is 1.84 bits per heavy atom. The molecule has 2 aromatic carbocycles. The fourth-order valence-electron chi connectivity index (χ4n) is 4.83. The topological polar surface area (TPSA) is 46.9 Å². The van der Waals surface area contributed by atoms with Gasteiger partial charge in [0.25, 0.3) is 0 Å². The maximum absolute atomic E-state index is 13.5. The van der Waals surface area contributed by atoms with Crippen LogP contribution in [0.3, 0.4) is 0 Å². The van der Waals surface area contributed by atoms with Gasteiger partial charge in [-0.3, -0.25) is 9.69 Å².